The molecule has 19 heavy (non-hydrogen) atoms. The first-order valence-electron chi connectivity index (χ1n) is 5.59. The van der Waals surface area contributed by atoms with Gasteiger partial charge in [0.15, 0.2) is 0 Å². The van der Waals surface area contributed by atoms with Gasteiger partial charge in [-0.15, -0.1) is 0 Å². The molecule has 0 bridgehead atoms. The molecule has 1 fully saturated rings. The topological polar surface area (TPSA) is 119 Å². The summed E-state index contributed by atoms with van der Waals surface area (Å²) < 4.78 is 1.39. The van der Waals surface area contributed by atoms with Crippen molar-refractivity contribution in [2.24, 2.45) is 10.7 Å². The van der Waals surface area contributed by atoms with E-state index in [1.165, 1.54) is 23.6 Å². The number of aliphatic carboxylic acids is 1. The van der Waals surface area contributed by atoms with Gasteiger partial charge in [0.25, 0.3) is 5.91 Å². The van der Waals surface area contributed by atoms with Crippen LogP contribution in [-0.2, 0) is 9.59 Å². The maximum atomic E-state index is 12.1. The van der Waals surface area contributed by atoms with Crippen LogP contribution in [0.15, 0.2) is 4.99 Å². The van der Waals surface area contributed by atoms with Gasteiger partial charge in [-0.1, -0.05) is 4.99 Å². The van der Waals surface area contributed by atoms with Crippen LogP contribution in [0.1, 0.15) is 6.42 Å². The molecule has 2 aliphatic heterocycles. The molecule has 9 heteroatoms. The van der Waals surface area contributed by atoms with E-state index in [0.29, 0.717) is 0 Å². The molecular weight excluding hydrogens is 254 g/mol. The first-order valence-corrected chi connectivity index (χ1v) is 5.59. The van der Waals surface area contributed by atoms with Crippen LogP contribution in [-0.4, -0.2) is 75.9 Å². The van der Waals surface area contributed by atoms with E-state index in [1.54, 1.807) is 0 Å². The van der Waals surface area contributed by atoms with Crippen molar-refractivity contribution in [1.82, 2.24) is 9.80 Å². The van der Waals surface area contributed by atoms with Gasteiger partial charge in [0.05, 0.1) is 13.0 Å². The highest BCUT2D eigenvalue weighted by Gasteiger charge is 2.50. The first-order chi connectivity index (χ1) is 8.84. The zero-order valence-electron chi connectivity index (χ0n) is 10.5. The fourth-order valence-electron chi connectivity index (χ4n) is 2.08. The van der Waals surface area contributed by atoms with E-state index >= 15 is 0 Å². The number of carboxylic acids is 1. The predicted octanol–water partition coefficient (Wildman–Crippen LogP) is -1.91. The number of carbonyl (C=O) groups excluding carboxylic acids is 2. The van der Waals surface area contributed by atoms with Crippen LogP contribution >= 0.6 is 0 Å². The standard InChI is InChI=1S/C10H13N5O4/c1-13-7-6(8(18)14(2)10(13)19)15(9(11)12-7)4-3-5(16)17/h6,11H,3-4H2,1-2H3,(H,16,17)/p+1. The molecular formula is C10H14N5O4+. The summed E-state index contributed by atoms with van der Waals surface area (Å²) >= 11 is 0. The molecule has 0 aromatic heterocycles. The highest BCUT2D eigenvalue weighted by molar-refractivity contribution is 6.22. The highest BCUT2D eigenvalue weighted by Crippen LogP contribution is 2.17. The molecule has 1 unspecified atom stereocenters. The fourth-order valence-corrected chi connectivity index (χ4v) is 2.08. The molecule has 0 spiro atoms. The number of urea groups is 1. The zero-order valence-corrected chi connectivity index (χ0v) is 10.5. The number of nitrogens with zero attached hydrogens (tertiary/aromatic N) is 4. The quantitative estimate of drug-likeness (QED) is 0.579. The van der Waals surface area contributed by atoms with Crippen molar-refractivity contribution < 1.29 is 24.1 Å². The fraction of sp³-hybridized carbons (Fsp3) is 0.500. The average molecular weight is 268 g/mol. The summed E-state index contributed by atoms with van der Waals surface area (Å²) in [4.78, 5) is 40.7. The number of nitrogens with two attached hydrogens (primary N) is 1. The second-order valence-corrected chi connectivity index (χ2v) is 4.31. The van der Waals surface area contributed by atoms with E-state index in [2.05, 4.69) is 4.99 Å². The van der Waals surface area contributed by atoms with Gasteiger partial charge in [0.2, 0.25) is 11.9 Å². The van der Waals surface area contributed by atoms with Crippen molar-refractivity contribution in [1.29, 1.82) is 0 Å². The third-order valence-electron chi connectivity index (χ3n) is 3.13. The second-order valence-electron chi connectivity index (χ2n) is 4.31. The number of amidine groups is 1. The van der Waals surface area contributed by atoms with E-state index < -0.39 is 23.9 Å². The van der Waals surface area contributed by atoms with Gasteiger partial charge in [-0.2, -0.15) is 0 Å². The monoisotopic (exact) mass is 268 g/mol. The van der Waals surface area contributed by atoms with Crippen LogP contribution in [0.5, 0.6) is 0 Å². The lowest BCUT2D eigenvalue weighted by atomic mass is 10.1. The molecule has 102 valence electrons. The Morgan fingerprint density at radius 1 is 1.42 bits per heavy atom. The Hall–Kier alpha value is -2.45. The highest BCUT2D eigenvalue weighted by atomic mass is 16.4. The Kier molecular flexibility index (Phi) is 2.97. The Bertz CT molecular complexity index is 538. The predicted molar refractivity (Wildman–Crippen MR) is 63.7 cm³/mol. The van der Waals surface area contributed by atoms with Gasteiger partial charge in [-0.3, -0.25) is 25.1 Å². The van der Waals surface area contributed by atoms with Crippen LogP contribution in [0.25, 0.3) is 0 Å². The van der Waals surface area contributed by atoms with Crippen molar-refractivity contribution in [3.05, 3.63) is 0 Å². The zero-order chi connectivity index (χ0) is 14.3. The minimum Gasteiger partial charge on any atom is -0.481 e. The number of amides is 3. The van der Waals surface area contributed by atoms with Crippen LogP contribution in [0.4, 0.5) is 4.79 Å². The summed E-state index contributed by atoms with van der Waals surface area (Å²) in [5.74, 6) is -1.18. The molecule has 1 saturated heterocycles. The number of likely N-dealkylation sites (N-methyl/N-ethyl adjacent to an activating group) is 2. The molecule has 3 N–H and O–H groups in total. The molecule has 9 nitrogen and oxygen atoms in total. The molecule has 2 heterocycles. The SMILES string of the molecule is CN1C(=O)C2C(=NC(N)=[N+]2CCC(=O)O)N(C)C1=O. The van der Waals surface area contributed by atoms with Crippen LogP contribution in [0.2, 0.25) is 0 Å². The molecule has 0 aromatic rings. The molecule has 0 radical (unpaired) electrons. The number of guanidine groups is 1. The second kappa shape index (κ2) is 4.34. The molecule has 1 atom stereocenters. The minimum atomic E-state index is -0.998. The van der Waals surface area contributed by atoms with E-state index in [-0.39, 0.29) is 24.8 Å². The number of carboxylic acid groups (broad SMARTS) is 1. The Morgan fingerprint density at radius 2 is 2.05 bits per heavy atom. The smallest absolute Gasteiger partial charge is 0.387 e. The number of hydrogen-bond donors (Lipinski definition) is 2. The summed E-state index contributed by atoms with van der Waals surface area (Å²) in [5.41, 5.74) is 5.69. The van der Waals surface area contributed by atoms with Gasteiger partial charge in [0, 0.05) is 14.1 Å². The van der Waals surface area contributed by atoms with E-state index in [4.69, 9.17) is 10.8 Å². The van der Waals surface area contributed by atoms with Crippen molar-refractivity contribution in [3.63, 3.8) is 0 Å². The lowest BCUT2D eigenvalue weighted by Crippen LogP contribution is -2.61. The molecule has 0 saturated carbocycles. The number of aliphatic imine (C=N–C) groups is 1. The summed E-state index contributed by atoms with van der Waals surface area (Å²) in [6, 6.07) is -1.32. The van der Waals surface area contributed by atoms with Crippen LogP contribution < -0.4 is 5.73 Å². The molecule has 0 aromatic carbocycles. The van der Waals surface area contributed by atoms with Gasteiger partial charge in [-0.25, -0.2) is 9.37 Å². The van der Waals surface area contributed by atoms with Crippen molar-refractivity contribution >= 4 is 29.7 Å². The first kappa shape index (κ1) is 13.0. The summed E-state index contributed by atoms with van der Waals surface area (Å²) in [7, 11) is 2.85. The Labute approximate surface area is 108 Å². The van der Waals surface area contributed by atoms with Crippen LogP contribution in [0, 0.1) is 0 Å². The number of fused-ring (bicyclic) bond motifs is 1. The normalized spacial score (nSPS) is 22.8. The maximum Gasteiger partial charge on any atom is 0.387 e. The maximum absolute atomic E-state index is 12.1. The van der Waals surface area contributed by atoms with Crippen molar-refractivity contribution in [2.75, 3.05) is 20.6 Å². The van der Waals surface area contributed by atoms with Gasteiger partial charge in [0.1, 0.15) is 0 Å². The lowest BCUT2D eigenvalue weighted by molar-refractivity contribution is -0.535. The number of rotatable bonds is 3. The summed E-state index contributed by atoms with van der Waals surface area (Å²) in [5, 5.41) is 8.69. The third kappa shape index (κ3) is 1.92. The van der Waals surface area contributed by atoms with E-state index in [1.807, 2.05) is 0 Å². The average Bonchev–Trinajstić information content (AvgIpc) is 2.68. The number of hydrogen-bond acceptors (Lipinski definition) is 5. The molecule has 3 amide bonds. The number of imide groups is 1. The van der Waals surface area contributed by atoms with Crippen molar-refractivity contribution in [3.8, 4) is 0 Å². The van der Waals surface area contributed by atoms with E-state index in [0.717, 1.165) is 4.90 Å². The molecule has 0 aliphatic carbocycles. The third-order valence-corrected chi connectivity index (χ3v) is 3.13. The number of carbonyl (C=O) groups is 3. The summed E-state index contributed by atoms with van der Waals surface area (Å²) in [6.45, 7) is 0.0560. The summed E-state index contributed by atoms with van der Waals surface area (Å²) in [6.07, 6.45) is -0.172. The van der Waals surface area contributed by atoms with E-state index in [9.17, 15) is 14.4 Å². The Balaban J connectivity index is 2.32. The van der Waals surface area contributed by atoms with Gasteiger partial charge >= 0.3 is 18.0 Å². The molecule has 2 aliphatic rings. The largest absolute Gasteiger partial charge is 0.481 e. The minimum absolute atomic E-state index is 0.0459. The molecule has 2 rings (SSSR count). The lowest BCUT2D eigenvalue weighted by Gasteiger charge is -2.31. The van der Waals surface area contributed by atoms with Gasteiger partial charge < -0.3 is 5.11 Å². The van der Waals surface area contributed by atoms with Crippen LogP contribution in [0.3, 0.4) is 0 Å². The Morgan fingerprint density at radius 3 is 2.63 bits per heavy atom. The van der Waals surface area contributed by atoms with Gasteiger partial charge in [-0.05, 0) is 0 Å². The van der Waals surface area contributed by atoms with Crippen molar-refractivity contribution in [2.45, 2.75) is 12.5 Å².